The van der Waals surface area contributed by atoms with Crippen LogP contribution in [0.25, 0.3) is 0 Å². The average molecular weight is 264 g/mol. The van der Waals surface area contributed by atoms with E-state index in [1.165, 1.54) is 11.1 Å². The normalized spacial score (nSPS) is 20.3. The maximum atomic E-state index is 5.53. The molecule has 1 aromatic rings. The van der Waals surface area contributed by atoms with E-state index in [0.29, 0.717) is 6.04 Å². The lowest BCUT2D eigenvalue weighted by Crippen LogP contribution is -2.50. The van der Waals surface area contributed by atoms with Gasteiger partial charge in [-0.1, -0.05) is 0 Å². The van der Waals surface area contributed by atoms with Crippen LogP contribution >= 0.6 is 0 Å². The summed E-state index contributed by atoms with van der Waals surface area (Å²) >= 11 is 0. The van der Waals surface area contributed by atoms with Crippen LogP contribution in [-0.4, -0.2) is 51.8 Å². The summed E-state index contributed by atoms with van der Waals surface area (Å²) < 4.78 is 10.8. The van der Waals surface area contributed by atoms with Gasteiger partial charge in [0, 0.05) is 31.7 Å². The van der Waals surface area contributed by atoms with Crippen LogP contribution in [0.15, 0.2) is 12.1 Å². The van der Waals surface area contributed by atoms with Crippen molar-refractivity contribution < 1.29 is 9.47 Å². The van der Waals surface area contributed by atoms with Gasteiger partial charge in [0.1, 0.15) is 11.5 Å². The summed E-state index contributed by atoms with van der Waals surface area (Å²) in [7, 11) is 5.60. The predicted molar refractivity (Wildman–Crippen MR) is 77.3 cm³/mol. The summed E-state index contributed by atoms with van der Waals surface area (Å²) in [6.07, 6.45) is 1.00. The van der Waals surface area contributed by atoms with E-state index in [9.17, 15) is 0 Å². The minimum Gasteiger partial charge on any atom is -0.497 e. The highest BCUT2D eigenvalue weighted by Gasteiger charge is 2.21. The van der Waals surface area contributed by atoms with E-state index in [2.05, 4.69) is 30.3 Å². The lowest BCUT2D eigenvalue weighted by molar-refractivity contribution is 0.198. The number of benzene rings is 1. The molecule has 0 amide bonds. The molecule has 0 radical (unpaired) electrons. The highest BCUT2D eigenvalue weighted by molar-refractivity contribution is 5.46. The van der Waals surface area contributed by atoms with Gasteiger partial charge in [0.25, 0.3) is 0 Å². The number of piperazine rings is 1. The van der Waals surface area contributed by atoms with E-state index in [0.717, 1.165) is 37.6 Å². The van der Waals surface area contributed by atoms with Gasteiger partial charge in [-0.15, -0.1) is 0 Å². The Balaban J connectivity index is 2.23. The van der Waals surface area contributed by atoms with Gasteiger partial charge in [-0.3, -0.25) is 0 Å². The fraction of sp³-hybridized carbons (Fsp3) is 0.600. The molecule has 0 saturated carbocycles. The number of aryl methyl sites for hydroxylation is 1. The summed E-state index contributed by atoms with van der Waals surface area (Å²) in [6, 6.07) is 4.57. The number of hydrogen-bond acceptors (Lipinski definition) is 4. The second-order valence-electron chi connectivity index (χ2n) is 5.17. The molecule has 0 aromatic heterocycles. The zero-order valence-electron chi connectivity index (χ0n) is 12.3. The Kier molecular flexibility index (Phi) is 4.66. The molecular formula is C15H24N2O2. The molecule has 1 aliphatic heterocycles. The van der Waals surface area contributed by atoms with Crippen LogP contribution in [-0.2, 0) is 6.42 Å². The molecule has 1 fully saturated rings. The molecule has 1 aliphatic rings. The molecule has 4 heteroatoms. The third kappa shape index (κ3) is 3.19. The van der Waals surface area contributed by atoms with Gasteiger partial charge >= 0.3 is 0 Å². The molecule has 1 N–H and O–H groups in total. The Hall–Kier alpha value is -1.26. The van der Waals surface area contributed by atoms with Crippen molar-refractivity contribution in [2.75, 3.05) is 40.9 Å². The molecule has 1 unspecified atom stereocenters. The van der Waals surface area contributed by atoms with E-state index in [1.807, 2.05) is 6.07 Å². The second kappa shape index (κ2) is 6.26. The van der Waals surface area contributed by atoms with Crippen LogP contribution in [0.3, 0.4) is 0 Å². The number of nitrogens with one attached hydrogen (secondary N) is 1. The molecule has 4 nitrogen and oxygen atoms in total. The largest absolute Gasteiger partial charge is 0.497 e. The Morgan fingerprint density at radius 1 is 1.32 bits per heavy atom. The van der Waals surface area contributed by atoms with Gasteiger partial charge in [-0.25, -0.2) is 0 Å². The molecule has 1 atom stereocenters. The highest BCUT2D eigenvalue weighted by Crippen LogP contribution is 2.30. The molecule has 1 heterocycles. The lowest BCUT2D eigenvalue weighted by Gasteiger charge is -2.33. The molecule has 1 saturated heterocycles. The SMILES string of the molecule is COc1cc(C)c(CC2CNCCN2C)c(OC)c1. The first-order chi connectivity index (χ1) is 9.15. The zero-order valence-corrected chi connectivity index (χ0v) is 12.3. The molecule has 0 bridgehead atoms. The van der Waals surface area contributed by atoms with Crippen LogP contribution in [0.1, 0.15) is 11.1 Å². The molecular weight excluding hydrogens is 240 g/mol. The molecule has 1 aromatic carbocycles. The second-order valence-corrected chi connectivity index (χ2v) is 5.17. The Morgan fingerprint density at radius 3 is 2.74 bits per heavy atom. The number of likely N-dealkylation sites (N-methyl/N-ethyl adjacent to an activating group) is 1. The molecule has 0 aliphatic carbocycles. The standard InChI is InChI=1S/C15H24N2O2/c1-11-7-13(18-3)9-15(19-4)14(11)8-12-10-16-5-6-17(12)2/h7,9,12,16H,5-6,8,10H2,1-4H3. The highest BCUT2D eigenvalue weighted by atomic mass is 16.5. The van der Waals surface area contributed by atoms with E-state index in [-0.39, 0.29) is 0 Å². The summed E-state index contributed by atoms with van der Waals surface area (Å²) in [5, 5.41) is 3.46. The number of nitrogens with zero attached hydrogens (tertiary/aromatic N) is 1. The first-order valence-corrected chi connectivity index (χ1v) is 6.78. The average Bonchev–Trinajstić information content (AvgIpc) is 2.42. The van der Waals surface area contributed by atoms with Gasteiger partial charge in [0.2, 0.25) is 0 Å². The van der Waals surface area contributed by atoms with Crippen molar-refractivity contribution in [3.63, 3.8) is 0 Å². The summed E-state index contributed by atoms with van der Waals surface area (Å²) in [4.78, 5) is 2.42. The van der Waals surface area contributed by atoms with Gasteiger partial charge in [-0.05, 0) is 37.6 Å². The van der Waals surface area contributed by atoms with Crippen molar-refractivity contribution in [1.29, 1.82) is 0 Å². The molecule has 0 spiro atoms. The van der Waals surface area contributed by atoms with E-state index in [4.69, 9.17) is 9.47 Å². The topological polar surface area (TPSA) is 33.7 Å². The Labute approximate surface area is 115 Å². The zero-order chi connectivity index (χ0) is 13.8. The van der Waals surface area contributed by atoms with Crippen molar-refractivity contribution in [2.45, 2.75) is 19.4 Å². The van der Waals surface area contributed by atoms with Crippen LogP contribution in [0.5, 0.6) is 11.5 Å². The number of hydrogen-bond donors (Lipinski definition) is 1. The number of ether oxygens (including phenoxy) is 2. The van der Waals surface area contributed by atoms with Crippen molar-refractivity contribution in [3.8, 4) is 11.5 Å². The minimum absolute atomic E-state index is 0.523. The Bertz CT molecular complexity index is 434. The molecule has 106 valence electrons. The fourth-order valence-electron chi connectivity index (χ4n) is 2.64. The summed E-state index contributed by atoms with van der Waals surface area (Å²) in [5.74, 6) is 1.78. The first kappa shape index (κ1) is 14.2. The van der Waals surface area contributed by atoms with Crippen molar-refractivity contribution >= 4 is 0 Å². The maximum Gasteiger partial charge on any atom is 0.126 e. The predicted octanol–water partition coefficient (Wildman–Crippen LogP) is 1.46. The first-order valence-electron chi connectivity index (χ1n) is 6.78. The summed E-state index contributed by atoms with van der Waals surface area (Å²) in [5.41, 5.74) is 2.51. The lowest BCUT2D eigenvalue weighted by atomic mass is 9.98. The van der Waals surface area contributed by atoms with Crippen molar-refractivity contribution in [3.05, 3.63) is 23.3 Å². The smallest absolute Gasteiger partial charge is 0.126 e. The van der Waals surface area contributed by atoms with E-state index >= 15 is 0 Å². The minimum atomic E-state index is 0.523. The third-order valence-corrected chi connectivity index (χ3v) is 3.95. The molecule has 2 rings (SSSR count). The van der Waals surface area contributed by atoms with Crippen LogP contribution in [0, 0.1) is 6.92 Å². The van der Waals surface area contributed by atoms with Gasteiger partial charge < -0.3 is 19.7 Å². The number of rotatable bonds is 4. The van der Waals surface area contributed by atoms with E-state index in [1.54, 1.807) is 14.2 Å². The number of methoxy groups -OCH3 is 2. The van der Waals surface area contributed by atoms with Crippen LogP contribution < -0.4 is 14.8 Å². The maximum absolute atomic E-state index is 5.53. The van der Waals surface area contributed by atoms with Gasteiger partial charge in [0.15, 0.2) is 0 Å². The summed E-state index contributed by atoms with van der Waals surface area (Å²) in [6.45, 7) is 5.33. The third-order valence-electron chi connectivity index (χ3n) is 3.95. The molecule has 19 heavy (non-hydrogen) atoms. The Morgan fingerprint density at radius 2 is 2.11 bits per heavy atom. The van der Waals surface area contributed by atoms with Crippen molar-refractivity contribution in [2.24, 2.45) is 0 Å². The van der Waals surface area contributed by atoms with Gasteiger partial charge in [0.05, 0.1) is 14.2 Å². The monoisotopic (exact) mass is 264 g/mol. The van der Waals surface area contributed by atoms with Gasteiger partial charge in [-0.2, -0.15) is 0 Å². The quantitative estimate of drug-likeness (QED) is 0.892. The van der Waals surface area contributed by atoms with Crippen molar-refractivity contribution in [1.82, 2.24) is 10.2 Å². The van der Waals surface area contributed by atoms with E-state index < -0.39 is 0 Å². The van der Waals surface area contributed by atoms with Crippen LogP contribution in [0.4, 0.5) is 0 Å². The van der Waals surface area contributed by atoms with Crippen LogP contribution in [0.2, 0.25) is 0 Å². The fourth-order valence-corrected chi connectivity index (χ4v) is 2.64.